The predicted molar refractivity (Wildman–Crippen MR) is 83.3 cm³/mol. The number of likely N-dealkylation sites (tertiary alicyclic amines) is 1. The number of piperidine rings is 1. The van der Waals surface area contributed by atoms with Gasteiger partial charge in [0.05, 0.1) is 11.9 Å². The largest absolute Gasteiger partial charge is 0.348 e. The Morgan fingerprint density at radius 3 is 2.86 bits per heavy atom. The van der Waals surface area contributed by atoms with Gasteiger partial charge in [-0.1, -0.05) is 0 Å². The highest BCUT2D eigenvalue weighted by molar-refractivity contribution is 5.92. The van der Waals surface area contributed by atoms with Crippen LogP contribution in [0.4, 0.5) is 0 Å². The van der Waals surface area contributed by atoms with E-state index < -0.39 is 0 Å². The number of rotatable bonds is 4. The second kappa shape index (κ2) is 7.33. The molecule has 1 N–H and O–H groups in total. The van der Waals surface area contributed by atoms with Gasteiger partial charge in [0.15, 0.2) is 0 Å². The van der Waals surface area contributed by atoms with Crippen molar-refractivity contribution < 1.29 is 9.59 Å². The molecule has 1 saturated heterocycles. The van der Waals surface area contributed by atoms with Gasteiger partial charge in [0.1, 0.15) is 5.69 Å². The fraction of sp³-hybridized carbons (Fsp3) is 0.625. The minimum absolute atomic E-state index is 0.0698. The number of aromatic nitrogens is 2. The molecule has 1 aromatic rings. The summed E-state index contributed by atoms with van der Waals surface area (Å²) in [5.41, 5.74) is 1.16. The molecule has 0 aromatic carbocycles. The molecule has 0 spiro atoms. The zero-order valence-electron chi connectivity index (χ0n) is 13.5. The number of nitrogens with one attached hydrogen (secondary N) is 1. The Balaban J connectivity index is 2.01. The summed E-state index contributed by atoms with van der Waals surface area (Å²) in [6.45, 7) is 7.04. The number of carbonyl (C=O) groups excluding carboxylic acids is 2. The van der Waals surface area contributed by atoms with Gasteiger partial charge in [-0.25, -0.2) is 4.98 Å². The lowest BCUT2D eigenvalue weighted by Gasteiger charge is -2.31. The Labute approximate surface area is 131 Å². The number of nitrogens with zero attached hydrogens (tertiary/aromatic N) is 3. The zero-order valence-corrected chi connectivity index (χ0v) is 13.5. The molecule has 0 radical (unpaired) electrons. The van der Waals surface area contributed by atoms with Gasteiger partial charge in [0, 0.05) is 32.3 Å². The molecule has 1 fully saturated rings. The summed E-state index contributed by atoms with van der Waals surface area (Å²) in [5, 5.41) is 2.82. The van der Waals surface area contributed by atoms with Crippen molar-refractivity contribution in [3.8, 4) is 0 Å². The van der Waals surface area contributed by atoms with E-state index in [0.717, 1.165) is 38.0 Å². The molecule has 6 heteroatoms. The number of hydrogen-bond acceptors (Lipinski definition) is 4. The Morgan fingerprint density at radius 1 is 1.41 bits per heavy atom. The molecule has 0 unspecified atom stereocenters. The van der Waals surface area contributed by atoms with Crippen molar-refractivity contribution in [1.82, 2.24) is 20.2 Å². The van der Waals surface area contributed by atoms with Gasteiger partial charge in [-0.3, -0.25) is 14.6 Å². The maximum Gasteiger partial charge on any atom is 0.271 e. The highest BCUT2D eigenvalue weighted by atomic mass is 16.2. The molecule has 2 amide bonds. The lowest BCUT2D eigenvalue weighted by Crippen LogP contribution is -2.39. The summed E-state index contributed by atoms with van der Waals surface area (Å²) in [6.07, 6.45) is 6.04. The van der Waals surface area contributed by atoms with E-state index >= 15 is 0 Å². The standard InChI is InChI=1S/C16H24N4O2/c1-11(2)18-16(22)15-9-17-8-14(19-15)7-13-5-4-6-20(10-13)12(3)21/h8-9,11,13H,4-7,10H2,1-3H3,(H,18,22)/t13-/m1/s1. The van der Waals surface area contributed by atoms with Gasteiger partial charge < -0.3 is 10.2 Å². The van der Waals surface area contributed by atoms with Gasteiger partial charge in [0.2, 0.25) is 5.91 Å². The molecule has 1 atom stereocenters. The second-order valence-electron chi connectivity index (χ2n) is 6.20. The fourth-order valence-electron chi connectivity index (χ4n) is 2.76. The quantitative estimate of drug-likeness (QED) is 0.912. The summed E-state index contributed by atoms with van der Waals surface area (Å²) in [5.74, 6) is 0.314. The first-order valence-corrected chi connectivity index (χ1v) is 7.83. The first-order chi connectivity index (χ1) is 10.5. The zero-order chi connectivity index (χ0) is 16.1. The van der Waals surface area contributed by atoms with E-state index in [-0.39, 0.29) is 17.9 Å². The van der Waals surface area contributed by atoms with Crippen LogP contribution >= 0.6 is 0 Å². The molecule has 2 heterocycles. The maximum absolute atomic E-state index is 12.0. The van der Waals surface area contributed by atoms with Crippen LogP contribution in [0, 0.1) is 5.92 Å². The Kier molecular flexibility index (Phi) is 5.46. The predicted octanol–water partition coefficient (Wildman–Crippen LogP) is 1.42. The van der Waals surface area contributed by atoms with Crippen molar-refractivity contribution in [1.29, 1.82) is 0 Å². The van der Waals surface area contributed by atoms with Gasteiger partial charge in [-0.15, -0.1) is 0 Å². The van der Waals surface area contributed by atoms with Crippen LogP contribution in [0.1, 0.15) is 49.8 Å². The van der Waals surface area contributed by atoms with E-state index in [1.165, 1.54) is 6.20 Å². The van der Waals surface area contributed by atoms with Crippen LogP contribution < -0.4 is 5.32 Å². The van der Waals surface area contributed by atoms with Crippen LogP contribution in [-0.4, -0.2) is 45.8 Å². The highest BCUT2D eigenvalue weighted by Gasteiger charge is 2.22. The van der Waals surface area contributed by atoms with Crippen LogP contribution in [0.3, 0.4) is 0 Å². The summed E-state index contributed by atoms with van der Waals surface area (Å²) in [7, 11) is 0. The van der Waals surface area contributed by atoms with Crippen molar-refractivity contribution in [2.75, 3.05) is 13.1 Å². The molecule has 1 aliphatic heterocycles. The minimum Gasteiger partial charge on any atom is -0.348 e. The van der Waals surface area contributed by atoms with Crippen molar-refractivity contribution in [2.24, 2.45) is 5.92 Å². The molecule has 1 aliphatic rings. The van der Waals surface area contributed by atoms with Gasteiger partial charge in [0.25, 0.3) is 5.91 Å². The summed E-state index contributed by atoms with van der Waals surface area (Å²) in [6, 6.07) is 0.0698. The maximum atomic E-state index is 12.0. The third kappa shape index (κ3) is 4.51. The smallest absolute Gasteiger partial charge is 0.271 e. The lowest BCUT2D eigenvalue weighted by atomic mass is 9.93. The fourth-order valence-corrected chi connectivity index (χ4v) is 2.76. The van der Waals surface area contributed by atoms with E-state index in [1.54, 1.807) is 13.1 Å². The van der Waals surface area contributed by atoms with Crippen molar-refractivity contribution in [3.63, 3.8) is 0 Å². The van der Waals surface area contributed by atoms with Crippen molar-refractivity contribution in [3.05, 3.63) is 23.8 Å². The number of carbonyl (C=O) groups is 2. The SMILES string of the molecule is CC(=O)N1CCC[C@H](Cc2cncc(C(=O)NC(C)C)n2)C1. The van der Waals surface area contributed by atoms with Gasteiger partial charge in [-0.2, -0.15) is 0 Å². The molecule has 22 heavy (non-hydrogen) atoms. The topological polar surface area (TPSA) is 75.2 Å². The molecular weight excluding hydrogens is 280 g/mol. The first-order valence-electron chi connectivity index (χ1n) is 7.83. The van der Waals surface area contributed by atoms with Crippen LogP contribution in [-0.2, 0) is 11.2 Å². The monoisotopic (exact) mass is 304 g/mol. The Hall–Kier alpha value is -1.98. The average molecular weight is 304 g/mol. The highest BCUT2D eigenvalue weighted by Crippen LogP contribution is 2.20. The molecular formula is C16H24N4O2. The third-order valence-corrected chi connectivity index (χ3v) is 3.80. The van der Waals surface area contributed by atoms with Gasteiger partial charge in [-0.05, 0) is 39.0 Å². The number of amides is 2. The number of hydrogen-bond donors (Lipinski definition) is 1. The van der Waals surface area contributed by atoms with E-state index in [1.807, 2.05) is 18.7 Å². The molecule has 120 valence electrons. The summed E-state index contributed by atoms with van der Waals surface area (Å²) >= 11 is 0. The Morgan fingerprint density at radius 2 is 2.18 bits per heavy atom. The van der Waals surface area contributed by atoms with E-state index in [9.17, 15) is 9.59 Å². The molecule has 2 rings (SSSR count). The van der Waals surface area contributed by atoms with Crippen LogP contribution in [0.15, 0.2) is 12.4 Å². The van der Waals surface area contributed by atoms with Crippen molar-refractivity contribution >= 4 is 11.8 Å². The molecule has 1 aromatic heterocycles. The average Bonchev–Trinajstić information content (AvgIpc) is 2.47. The third-order valence-electron chi connectivity index (χ3n) is 3.80. The Bertz CT molecular complexity index is 545. The summed E-state index contributed by atoms with van der Waals surface area (Å²) < 4.78 is 0. The van der Waals surface area contributed by atoms with E-state index in [0.29, 0.717) is 11.6 Å². The van der Waals surface area contributed by atoms with E-state index in [2.05, 4.69) is 15.3 Å². The lowest BCUT2D eigenvalue weighted by molar-refractivity contribution is -0.130. The van der Waals surface area contributed by atoms with Crippen molar-refractivity contribution in [2.45, 2.75) is 46.1 Å². The molecule has 0 saturated carbocycles. The van der Waals surface area contributed by atoms with Crippen LogP contribution in [0.5, 0.6) is 0 Å². The molecule has 0 aliphatic carbocycles. The summed E-state index contributed by atoms with van der Waals surface area (Å²) in [4.78, 5) is 33.9. The van der Waals surface area contributed by atoms with Crippen LogP contribution in [0.25, 0.3) is 0 Å². The molecule has 6 nitrogen and oxygen atoms in total. The first kappa shape index (κ1) is 16.4. The van der Waals surface area contributed by atoms with Gasteiger partial charge >= 0.3 is 0 Å². The second-order valence-corrected chi connectivity index (χ2v) is 6.20. The minimum atomic E-state index is -0.196. The van der Waals surface area contributed by atoms with Crippen LogP contribution in [0.2, 0.25) is 0 Å². The van der Waals surface area contributed by atoms with E-state index in [4.69, 9.17) is 0 Å². The molecule has 0 bridgehead atoms. The normalized spacial score (nSPS) is 18.4.